The summed E-state index contributed by atoms with van der Waals surface area (Å²) >= 11 is 6.03. The Kier molecular flexibility index (Phi) is 7.39. The molecule has 0 atom stereocenters. The predicted molar refractivity (Wildman–Crippen MR) is 115 cm³/mol. The van der Waals surface area contributed by atoms with E-state index in [9.17, 15) is 4.79 Å². The van der Waals surface area contributed by atoms with Crippen molar-refractivity contribution in [3.05, 3.63) is 53.6 Å². The third kappa shape index (κ3) is 6.04. The quantitative estimate of drug-likeness (QED) is 0.693. The molecule has 1 aliphatic rings. The van der Waals surface area contributed by atoms with Gasteiger partial charge in [-0.15, -0.1) is 0 Å². The highest BCUT2D eigenvalue weighted by molar-refractivity contribution is 6.32. The second-order valence-corrected chi connectivity index (χ2v) is 7.26. The van der Waals surface area contributed by atoms with Crippen molar-refractivity contribution >= 4 is 29.0 Å². The molecule has 2 aromatic rings. The fourth-order valence-corrected chi connectivity index (χ4v) is 3.20. The molecule has 1 fully saturated rings. The fourth-order valence-electron chi connectivity index (χ4n) is 3.01. The van der Waals surface area contributed by atoms with E-state index < -0.39 is 0 Å². The SMILES string of the molecule is CN1CCN(c2ccc(NC(=O)NCCCOc3ccccc3Cl)cc2)CC1. The summed E-state index contributed by atoms with van der Waals surface area (Å²) in [5, 5.41) is 6.28. The van der Waals surface area contributed by atoms with Gasteiger partial charge in [0.05, 0.1) is 11.6 Å². The van der Waals surface area contributed by atoms with Gasteiger partial charge >= 0.3 is 6.03 Å². The highest BCUT2D eigenvalue weighted by Crippen LogP contribution is 2.23. The number of piperazine rings is 1. The molecule has 2 amide bonds. The van der Waals surface area contributed by atoms with Crippen LogP contribution in [0.2, 0.25) is 5.02 Å². The number of hydrogen-bond donors (Lipinski definition) is 2. The summed E-state index contributed by atoms with van der Waals surface area (Å²) in [5.74, 6) is 0.661. The number of anilines is 2. The second-order valence-electron chi connectivity index (χ2n) is 6.85. The molecule has 3 rings (SSSR count). The second kappa shape index (κ2) is 10.2. The van der Waals surface area contributed by atoms with Gasteiger partial charge in [-0.05, 0) is 49.9 Å². The van der Waals surface area contributed by atoms with E-state index >= 15 is 0 Å². The summed E-state index contributed by atoms with van der Waals surface area (Å²) < 4.78 is 5.60. The molecule has 0 unspecified atom stereocenters. The first-order chi connectivity index (χ1) is 13.6. The summed E-state index contributed by atoms with van der Waals surface area (Å²) in [7, 11) is 2.14. The van der Waals surface area contributed by atoms with E-state index in [-0.39, 0.29) is 6.03 Å². The molecule has 1 saturated heterocycles. The average Bonchev–Trinajstić information content (AvgIpc) is 2.70. The number of nitrogens with zero attached hydrogens (tertiary/aromatic N) is 2. The molecule has 0 aromatic heterocycles. The summed E-state index contributed by atoms with van der Waals surface area (Å²) in [6.07, 6.45) is 0.695. The normalized spacial score (nSPS) is 14.6. The number of ether oxygens (including phenoxy) is 1. The van der Waals surface area contributed by atoms with Crippen LogP contribution in [0.15, 0.2) is 48.5 Å². The van der Waals surface area contributed by atoms with Gasteiger partial charge in [0.1, 0.15) is 5.75 Å². The minimum absolute atomic E-state index is 0.218. The van der Waals surface area contributed by atoms with Crippen molar-refractivity contribution in [3.63, 3.8) is 0 Å². The van der Waals surface area contributed by atoms with Crippen LogP contribution in [-0.4, -0.2) is 57.3 Å². The van der Waals surface area contributed by atoms with Gasteiger partial charge in [0.15, 0.2) is 0 Å². The molecule has 1 heterocycles. The number of rotatable bonds is 7. The third-order valence-electron chi connectivity index (χ3n) is 4.69. The smallest absolute Gasteiger partial charge is 0.319 e. The van der Waals surface area contributed by atoms with Crippen molar-refractivity contribution < 1.29 is 9.53 Å². The van der Waals surface area contributed by atoms with E-state index in [1.54, 1.807) is 6.07 Å². The van der Waals surface area contributed by atoms with Crippen LogP contribution in [0.25, 0.3) is 0 Å². The van der Waals surface area contributed by atoms with Crippen LogP contribution in [0.3, 0.4) is 0 Å². The van der Waals surface area contributed by atoms with Gasteiger partial charge in [-0.2, -0.15) is 0 Å². The van der Waals surface area contributed by atoms with Crippen molar-refractivity contribution in [1.29, 1.82) is 0 Å². The van der Waals surface area contributed by atoms with E-state index in [2.05, 4.69) is 39.6 Å². The molecular formula is C21H27ClN4O2. The highest BCUT2D eigenvalue weighted by atomic mass is 35.5. The van der Waals surface area contributed by atoms with E-state index in [1.165, 1.54) is 5.69 Å². The number of halogens is 1. The molecule has 7 heteroatoms. The molecule has 0 bridgehead atoms. The molecule has 2 aromatic carbocycles. The van der Waals surface area contributed by atoms with Gasteiger partial charge < -0.3 is 25.2 Å². The van der Waals surface area contributed by atoms with Crippen molar-refractivity contribution in [3.8, 4) is 5.75 Å². The van der Waals surface area contributed by atoms with Gasteiger partial charge in [0.2, 0.25) is 0 Å². The number of hydrogen-bond acceptors (Lipinski definition) is 4. The van der Waals surface area contributed by atoms with Crippen molar-refractivity contribution in [2.45, 2.75) is 6.42 Å². The van der Waals surface area contributed by atoms with Crippen LogP contribution >= 0.6 is 11.6 Å². The summed E-state index contributed by atoms with van der Waals surface area (Å²) in [6.45, 7) is 5.21. The standard InChI is InChI=1S/C21H27ClN4O2/c1-25-12-14-26(15-13-25)18-9-7-17(8-10-18)24-21(27)23-11-4-16-28-20-6-3-2-5-19(20)22/h2-3,5-10H,4,11-16H2,1H3,(H2,23,24,27). The Bertz CT molecular complexity index is 761. The number of carbonyl (C=O) groups excluding carboxylic acids is 1. The monoisotopic (exact) mass is 402 g/mol. The predicted octanol–water partition coefficient (Wildman–Crippen LogP) is 3.68. The van der Waals surface area contributed by atoms with Crippen molar-refractivity contribution in [2.24, 2.45) is 0 Å². The van der Waals surface area contributed by atoms with Gasteiger partial charge in [-0.25, -0.2) is 4.79 Å². The number of carbonyl (C=O) groups is 1. The highest BCUT2D eigenvalue weighted by Gasteiger charge is 2.14. The molecule has 2 N–H and O–H groups in total. The van der Waals surface area contributed by atoms with Crippen LogP contribution in [0.4, 0.5) is 16.2 Å². The Morgan fingerprint density at radius 1 is 1.07 bits per heavy atom. The molecule has 150 valence electrons. The first-order valence-corrected chi connectivity index (χ1v) is 9.95. The first-order valence-electron chi connectivity index (χ1n) is 9.57. The molecule has 1 aliphatic heterocycles. The van der Waals surface area contributed by atoms with E-state index in [1.807, 2.05) is 30.3 Å². The van der Waals surface area contributed by atoms with Crippen LogP contribution in [-0.2, 0) is 0 Å². The number of likely N-dealkylation sites (N-methyl/N-ethyl adjacent to an activating group) is 1. The maximum absolute atomic E-state index is 12.0. The molecule has 0 aliphatic carbocycles. The van der Waals surface area contributed by atoms with Crippen LogP contribution in [0, 0.1) is 0 Å². The largest absolute Gasteiger partial charge is 0.492 e. The van der Waals surface area contributed by atoms with Gasteiger partial charge in [0.25, 0.3) is 0 Å². The van der Waals surface area contributed by atoms with Crippen LogP contribution in [0.1, 0.15) is 6.42 Å². The lowest BCUT2D eigenvalue weighted by molar-refractivity contribution is 0.250. The zero-order valence-corrected chi connectivity index (χ0v) is 16.9. The Balaban J connectivity index is 1.35. The molecule has 0 saturated carbocycles. The Morgan fingerprint density at radius 3 is 2.50 bits per heavy atom. The summed E-state index contributed by atoms with van der Waals surface area (Å²) in [5.41, 5.74) is 1.97. The Labute approximate surface area is 171 Å². The van der Waals surface area contributed by atoms with E-state index in [0.717, 1.165) is 31.9 Å². The fraction of sp³-hybridized carbons (Fsp3) is 0.381. The lowest BCUT2D eigenvalue weighted by atomic mass is 10.2. The molecule has 28 heavy (non-hydrogen) atoms. The van der Waals surface area contributed by atoms with Crippen LogP contribution in [0.5, 0.6) is 5.75 Å². The first kappa shape index (κ1) is 20.3. The van der Waals surface area contributed by atoms with Gasteiger partial charge in [-0.1, -0.05) is 23.7 Å². The van der Waals surface area contributed by atoms with Gasteiger partial charge in [-0.3, -0.25) is 0 Å². The van der Waals surface area contributed by atoms with Crippen LogP contribution < -0.4 is 20.3 Å². The maximum Gasteiger partial charge on any atom is 0.319 e. The maximum atomic E-state index is 12.0. The molecule has 0 spiro atoms. The Morgan fingerprint density at radius 2 is 1.79 bits per heavy atom. The molecule has 0 radical (unpaired) electrons. The number of para-hydroxylation sites is 1. The number of nitrogens with one attached hydrogen (secondary N) is 2. The average molecular weight is 403 g/mol. The number of urea groups is 1. The number of amides is 2. The zero-order chi connectivity index (χ0) is 19.8. The lowest BCUT2D eigenvalue weighted by Crippen LogP contribution is -2.44. The van der Waals surface area contributed by atoms with E-state index in [0.29, 0.717) is 30.3 Å². The van der Waals surface area contributed by atoms with Gasteiger partial charge in [0, 0.05) is 44.1 Å². The summed E-state index contributed by atoms with van der Waals surface area (Å²) in [6, 6.07) is 15.1. The minimum Gasteiger partial charge on any atom is -0.492 e. The summed E-state index contributed by atoms with van der Waals surface area (Å²) in [4.78, 5) is 16.7. The van der Waals surface area contributed by atoms with Crippen molar-refractivity contribution in [1.82, 2.24) is 10.2 Å². The zero-order valence-electron chi connectivity index (χ0n) is 16.2. The molecule has 6 nitrogen and oxygen atoms in total. The van der Waals surface area contributed by atoms with Crippen molar-refractivity contribution in [2.75, 3.05) is 56.6 Å². The number of benzene rings is 2. The van der Waals surface area contributed by atoms with E-state index in [4.69, 9.17) is 16.3 Å². The Hall–Kier alpha value is -2.44. The topological polar surface area (TPSA) is 56.8 Å². The molecular weight excluding hydrogens is 376 g/mol. The minimum atomic E-state index is -0.218. The third-order valence-corrected chi connectivity index (χ3v) is 5.01. The lowest BCUT2D eigenvalue weighted by Gasteiger charge is -2.34.